The van der Waals surface area contributed by atoms with Crippen LogP contribution in [0.2, 0.25) is 0 Å². The van der Waals surface area contributed by atoms with Crippen molar-refractivity contribution in [1.29, 1.82) is 0 Å². The lowest BCUT2D eigenvalue weighted by molar-refractivity contribution is 0.0946. The molecule has 1 saturated heterocycles. The third-order valence-corrected chi connectivity index (χ3v) is 4.20. The van der Waals surface area contributed by atoms with E-state index >= 15 is 0 Å². The largest absolute Gasteiger partial charge is 0.382 e. The Bertz CT molecular complexity index is 497. The highest BCUT2D eigenvalue weighted by molar-refractivity contribution is 5.96. The number of carbonyl (C=O) groups excluding carboxylic acids is 1. The molecular weight excluding hydrogens is 264 g/mol. The number of carbonyl (C=O) groups is 1. The fraction of sp³-hybridized carbons (Fsp3) is 0.562. The molecule has 0 unspecified atom stereocenters. The number of anilines is 2. The van der Waals surface area contributed by atoms with Crippen molar-refractivity contribution in [3.05, 3.63) is 23.8 Å². The quantitative estimate of drug-likeness (QED) is 0.790. The Labute approximate surface area is 126 Å². The number of benzene rings is 1. The van der Waals surface area contributed by atoms with Crippen LogP contribution in [0.1, 0.15) is 29.6 Å². The number of nitrogens with zero attached hydrogens (tertiary/aromatic N) is 1. The SMILES string of the molecule is O=C(NCCN1CCCCC1)c1ccc2c(c1)NCCN2. The van der Waals surface area contributed by atoms with E-state index in [1.807, 2.05) is 18.2 Å². The van der Waals surface area contributed by atoms with E-state index in [4.69, 9.17) is 0 Å². The lowest BCUT2D eigenvalue weighted by Crippen LogP contribution is -2.37. The molecule has 1 aromatic rings. The predicted octanol–water partition coefficient (Wildman–Crippen LogP) is 1.74. The van der Waals surface area contributed by atoms with E-state index in [2.05, 4.69) is 20.9 Å². The van der Waals surface area contributed by atoms with Gasteiger partial charge in [0, 0.05) is 31.7 Å². The summed E-state index contributed by atoms with van der Waals surface area (Å²) in [6.07, 6.45) is 3.92. The van der Waals surface area contributed by atoms with Crippen molar-refractivity contribution in [2.24, 2.45) is 0 Å². The molecule has 2 heterocycles. The van der Waals surface area contributed by atoms with E-state index in [0.29, 0.717) is 0 Å². The summed E-state index contributed by atoms with van der Waals surface area (Å²) in [5.41, 5.74) is 2.82. The number of fused-ring (bicyclic) bond motifs is 1. The molecule has 3 rings (SSSR count). The molecule has 21 heavy (non-hydrogen) atoms. The normalized spacial score (nSPS) is 18.3. The highest BCUT2D eigenvalue weighted by atomic mass is 16.1. The summed E-state index contributed by atoms with van der Waals surface area (Å²) in [5.74, 6) is 0.0159. The molecule has 0 saturated carbocycles. The minimum absolute atomic E-state index is 0.0159. The van der Waals surface area contributed by atoms with Crippen molar-refractivity contribution < 1.29 is 4.79 Å². The smallest absolute Gasteiger partial charge is 0.251 e. The molecule has 0 aliphatic carbocycles. The van der Waals surface area contributed by atoms with Crippen LogP contribution in [0.3, 0.4) is 0 Å². The maximum atomic E-state index is 12.2. The molecule has 0 spiro atoms. The molecule has 3 N–H and O–H groups in total. The van der Waals surface area contributed by atoms with Gasteiger partial charge in [0.2, 0.25) is 0 Å². The van der Waals surface area contributed by atoms with Gasteiger partial charge < -0.3 is 20.9 Å². The van der Waals surface area contributed by atoms with Crippen LogP contribution in [-0.4, -0.2) is 50.1 Å². The van der Waals surface area contributed by atoms with Gasteiger partial charge in [-0.1, -0.05) is 6.42 Å². The topological polar surface area (TPSA) is 56.4 Å². The highest BCUT2D eigenvalue weighted by Gasteiger charge is 2.13. The molecule has 1 amide bonds. The Morgan fingerprint density at radius 1 is 1.10 bits per heavy atom. The van der Waals surface area contributed by atoms with E-state index in [1.165, 1.54) is 32.4 Å². The lowest BCUT2D eigenvalue weighted by Gasteiger charge is -2.26. The van der Waals surface area contributed by atoms with Crippen molar-refractivity contribution in [2.75, 3.05) is 49.9 Å². The van der Waals surface area contributed by atoms with Crippen LogP contribution in [0, 0.1) is 0 Å². The minimum Gasteiger partial charge on any atom is -0.382 e. The Morgan fingerprint density at radius 2 is 1.86 bits per heavy atom. The predicted molar refractivity (Wildman–Crippen MR) is 86.0 cm³/mol. The number of amides is 1. The fourth-order valence-electron chi connectivity index (χ4n) is 2.99. The van der Waals surface area contributed by atoms with Crippen LogP contribution < -0.4 is 16.0 Å². The number of piperidine rings is 1. The molecule has 1 fully saturated rings. The zero-order valence-corrected chi connectivity index (χ0v) is 12.5. The molecule has 2 aliphatic heterocycles. The molecule has 2 aliphatic rings. The molecule has 0 radical (unpaired) electrons. The Kier molecular flexibility index (Phi) is 4.60. The molecule has 0 bridgehead atoms. The van der Waals surface area contributed by atoms with Crippen molar-refractivity contribution in [3.63, 3.8) is 0 Å². The van der Waals surface area contributed by atoms with Crippen LogP contribution in [0.5, 0.6) is 0 Å². The molecule has 0 aromatic heterocycles. The van der Waals surface area contributed by atoms with Gasteiger partial charge in [-0.05, 0) is 44.1 Å². The first kappa shape index (κ1) is 14.2. The summed E-state index contributed by atoms with van der Waals surface area (Å²) < 4.78 is 0. The number of rotatable bonds is 4. The molecule has 5 heteroatoms. The van der Waals surface area contributed by atoms with Gasteiger partial charge in [-0.3, -0.25) is 4.79 Å². The average molecular weight is 288 g/mol. The molecule has 0 atom stereocenters. The van der Waals surface area contributed by atoms with Crippen LogP contribution in [-0.2, 0) is 0 Å². The Morgan fingerprint density at radius 3 is 2.67 bits per heavy atom. The first-order valence-electron chi connectivity index (χ1n) is 7.95. The van der Waals surface area contributed by atoms with E-state index < -0.39 is 0 Å². The standard InChI is InChI=1S/C16H24N4O/c21-16(19-8-11-20-9-2-1-3-10-20)13-4-5-14-15(12-13)18-7-6-17-14/h4-5,12,17-18H,1-3,6-11H2,(H,19,21). The summed E-state index contributed by atoms with van der Waals surface area (Å²) >= 11 is 0. The van der Waals surface area contributed by atoms with Gasteiger partial charge in [-0.25, -0.2) is 0 Å². The maximum absolute atomic E-state index is 12.2. The first-order valence-corrected chi connectivity index (χ1v) is 7.95. The van der Waals surface area contributed by atoms with Gasteiger partial charge >= 0.3 is 0 Å². The minimum atomic E-state index is 0.0159. The second-order valence-electron chi connectivity index (χ2n) is 5.77. The van der Waals surface area contributed by atoms with Crippen molar-refractivity contribution in [1.82, 2.24) is 10.2 Å². The van der Waals surface area contributed by atoms with Crippen LogP contribution >= 0.6 is 0 Å². The van der Waals surface area contributed by atoms with Crippen molar-refractivity contribution in [3.8, 4) is 0 Å². The van der Waals surface area contributed by atoms with Gasteiger partial charge in [0.05, 0.1) is 11.4 Å². The fourth-order valence-corrected chi connectivity index (χ4v) is 2.99. The highest BCUT2D eigenvalue weighted by Crippen LogP contribution is 2.25. The average Bonchev–Trinajstić information content (AvgIpc) is 2.55. The van der Waals surface area contributed by atoms with E-state index in [-0.39, 0.29) is 5.91 Å². The van der Waals surface area contributed by atoms with Crippen LogP contribution in [0.25, 0.3) is 0 Å². The Hall–Kier alpha value is -1.75. The van der Waals surface area contributed by atoms with Gasteiger partial charge in [0.25, 0.3) is 5.91 Å². The molecular formula is C16H24N4O. The van der Waals surface area contributed by atoms with Crippen molar-refractivity contribution >= 4 is 17.3 Å². The molecule has 5 nitrogen and oxygen atoms in total. The monoisotopic (exact) mass is 288 g/mol. The molecule has 114 valence electrons. The van der Waals surface area contributed by atoms with E-state index in [0.717, 1.165) is 43.1 Å². The summed E-state index contributed by atoms with van der Waals surface area (Å²) in [7, 11) is 0. The summed E-state index contributed by atoms with van der Waals surface area (Å²) in [6.45, 7) is 5.84. The number of hydrogen-bond acceptors (Lipinski definition) is 4. The van der Waals surface area contributed by atoms with E-state index in [9.17, 15) is 4.79 Å². The second kappa shape index (κ2) is 6.80. The zero-order chi connectivity index (χ0) is 14.5. The van der Waals surface area contributed by atoms with E-state index in [1.54, 1.807) is 0 Å². The lowest BCUT2D eigenvalue weighted by atomic mass is 10.1. The second-order valence-corrected chi connectivity index (χ2v) is 5.77. The van der Waals surface area contributed by atoms with Crippen LogP contribution in [0.4, 0.5) is 11.4 Å². The summed E-state index contributed by atoms with van der Waals surface area (Å²) in [4.78, 5) is 14.6. The van der Waals surface area contributed by atoms with Gasteiger partial charge in [0.1, 0.15) is 0 Å². The van der Waals surface area contributed by atoms with Gasteiger partial charge in [0.15, 0.2) is 0 Å². The number of hydrogen-bond donors (Lipinski definition) is 3. The maximum Gasteiger partial charge on any atom is 0.251 e. The molecule has 1 aromatic carbocycles. The summed E-state index contributed by atoms with van der Waals surface area (Å²) in [6, 6.07) is 5.79. The third-order valence-electron chi connectivity index (χ3n) is 4.20. The van der Waals surface area contributed by atoms with Gasteiger partial charge in [-0.15, -0.1) is 0 Å². The Balaban J connectivity index is 1.50. The van der Waals surface area contributed by atoms with Gasteiger partial charge in [-0.2, -0.15) is 0 Å². The van der Waals surface area contributed by atoms with Crippen LogP contribution in [0.15, 0.2) is 18.2 Å². The third kappa shape index (κ3) is 3.67. The number of nitrogens with one attached hydrogen (secondary N) is 3. The number of likely N-dealkylation sites (tertiary alicyclic amines) is 1. The first-order chi connectivity index (χ1) is 10.3. The zero-order valence-electron chi connectivity index (χ0n) is 12.5. The summed E-state index contributed by atoms with van der Waals surface area (Å²) in [5, 5.41) is 9.65. The van der Waals surface area contributed by atoms with Crippen molar-refractivity contribution in [2.45, 2.75) is 19.3 Å².